The Bertz CT molecular complexity index is 1700. The van der Waals surface area contributed by atoms with Gasteiger partial charge in [-0.25, -0.2) is 9.59 Å². The molecule has 5 amide bonds. The molecule has 3 aromatic rings. The first-order valence-corrected chi connectivity index (χ1v) is 18.0. The molecule has 1 heterocycles. The van der Waals surface area contributed by atoms with Gasteiger partial charge in [0.05, 0.1) is 5.75 Å². The van der Waals surface area contributed by atoms with Crippen molar-refractivity contribution in [3.63, 3.8) is 0 Å². The number of aryl methyl sites for hydroxylation is 1. The smallest absolute Gasteiger partial charge is 0.412 e. The third kappa shape index (κ3) is 14.2. The third-order valence-electron chi connectivity index (χ3n) is 7.51. The SMILES string of the molecule is C=CCNC(=O)[C@H](Cc1cn(C)c2ccccc12)NC(=O)[C@H](CCCCNC(=O)CSc1ccc(NC(=O)OC(C)(C)C)cc1)NC(=O)OCC=C. The summed E-state index contributed by atoms with van der Waals surface area (Å²) in [6.07, 6.45) is 5.04. The molecule has 2 atom stereocenters. The highest BCUT2D eigenvalue weighted by molar-refractivity contribution is 8.00. The number of nitrogens with zero attached hydrogens (tertiary/aromatic N) is 1. The van der Waals surface area contributed by atoms with Crippen molar-refractivity contribution in [2.45, 2.75) is 69.0 Å². The van der Waals surface area contributed by atoms with E-state index in [-0.39, 0.29) is 43.6 Å². The second-order valence-corrected chi connectivity index (χ2v) is 14.0. The highest BCUT2D eigenvalue weighted by Crippen LogP contribution is 2.23. The molecule has 0 aliphatic heterocycles. The molecule has 0 aliphatic carbocycles. The van der Waals surface area contributed by atoms with Crippen LogP contribution in [0.15, 0.2) is 84.9 Å². The van der Waals surface area contributed by atoms with E-state index in [0.29, 0.717) is 25.1 Å². The van der Waals surface area contributed by atoms with E-state index < -0.39 is 35.8 Å². The van der Waals surface area contributed by atoms with E-state index in [1.807, 2.05) is 42.1 Å². The number of rotatable bonds is 19. The maximum Gasteiger partial charge on any atom is 0.412 e. The lowest BCUT2D eigenvalue weighted by Gasteiger charge is -2.23. The number of carbonyl (C=O) groups is 5. The molecule has 52 heavy (non-hydrogen) atoms. The van der Waals surface area contributed by atoms with E-state index in [0.717, 1.165) is 21.4 Å². The third-order valence-corrected chi connectivity index (χ3v) is 8.52. The monoisotopic (exact) mass is 734 g/mol. The minimum absolute atomic E-state index is 0.0367. The van der Waals surface area contributed by atoms with Crippen molar-refractivity contribution in [2.75, 3.05) is 30.8 Å². The molecule has 0 saturated heterocycles. The number of benzene rings is 2. The first-order valence-electron chi connectivity index (χ1n) is 17.0. The lowest BCUT2D eigenvalue weighted by atomic mass is 10.0. The number of hydrogen-bond donors (Lipinski definition) is 5. The van der Waals surface area contributed by atoms with Crippen LogP contribution in [0.25, 0.3) is 10.9 Å². The van der Waals surface area contributed by atoms with Crippen molar-refractivity contribution in [3.05, 3.63) is 85.6 Å². The first kappa shape index (κ1) is 41.2. The number of fused-ring (bicyclic) bond motifs is 1. The summed E-state index contributed by atoms with van der Waals surface area (Å²) in [7, 11) is 1.92. The number of ether oxygens (including phenoxy) is 2. The van der Waals surface area contributed by atoms with Crippen molar-refractivity contribution in [2.24, 2.45) is 7.05 Å². The normalized spacial score (nSPS) is 12.2. The number of thioether (sulfide) groups is 1. The fourth-order valence-corrected chi connectivity index (χ4v) is 5.86. The number of nitrogens with one attached hydrogen (secondary N) is 5. The van der Waals surface area contributed by atoms with Crippen molar-refractivity contribution in [1.82, 2.24) is 25.8 Å². The number of carbonyl (C=O) groups excluding carboxylic acids is 5. The largest absolute Gasteiger partial charge is 0.445 e. The average Bonchev–Trinajstić information content (AvgIpc) is 3.41. The minimum Gasteiger partial charge on any atom is -0.445 e. The van der Waals surface area contributed by atoms with E-state index in [1.165, 1.54) is 17.8 Å². The van der Waals surface area contributed by atoms with E-state index >= 15 is 0 Å². The predicted octanol–water partition coefficient (Wildman–Crippen LogP) is 5.21. The molecule has 0 bridgehead atoms. The molecule has 0 radical (unpaired) electrons. The van der Waals surface area contributed by atoms with Crippen LogP contribution in [0, 0.1) is 0 Å². The van der Waals surface area contributed by atoms with Gasteiger partial charge >= 0.3 is 12.2 Å². The molecule has 0 fully saturated rings. The van der Waals surface area contributed by atoms with Gasteiger partial charge in [0.2, 0.25) is 17.7 Å². The van der Waals surface area contributed by atoms with Crippen LogP contribution >= 0.6 is 11.8 Å². The molecular formula is C38H50N6O7S. The van der Waals surface area contributed by atoms with Gasteiger partial charge in [0.25, 0.3) is 0 Å². The average molecular weight is 735 g/mol. The fourth-order valence-electron chi connectivity index (χ4n) is 5.13. The van der Waals surface area contributed by atoms with Crippen LogP contribution in [0.2, 0.25) is 0 Å². The summed E-state index contributed by atoms with van der Waals surface area (Å²) in [5.41, 5.74) is 1.85. The molecule has 0 saturated carbocycles. The lowest BCUT2D eigenvalue weighted by molar-refractivity contribution is -0.130. The standard InChI is InChI=1S/C38H50N6O7S/c1-7-20-40-34(46)31(23-26-24-44(6)32-15-10-9-13-29(26)32)42-35(47)30(43-36(48)50-22-8-2)14-11-12-21-39-33(45)25-52-28-18-16-27(17-19-28)41-37(49)51-38(3,4)5/h7-10,13,15-19,24,30-31H,1-2,11-12,14,20-23,25H2,3-6H3,(H,39,45)(H,40,46)(H,41,49)(H,42,47)(H,43,48)/t30-,31-/m0/s1. The summed E-state index contributed by atoms with van der Waals surface area (Å²) in [6, 6.07) is 12.9. The number of alkyl carbamates (subject to hydrolysis) is 1. The summed E-state index contributed by atoms with van der Waals surface area (Å²) in [5, 5.41) is 14.7. The summed E-state index contributed by atoms with van der Waals surface area (Å²) >= 11 is 1.35. The summed E-state index contributed by atoms with van der Waals surface area (Å²) < 4.78 is 12.3. The van der Waals surface area contributed by atoms with Gasteiger partial charge in [0.15, 0.2) is 0 Å². The summed E-state index contributed by atoms with van der Waals surface area (Å²) in [6.45, 7) is 13.1. The lowest BCUT2D eigenvalue weighted by Crippen LogP contribution is -2.54. The molecule has 14 heteroatoms. The van der Waals surface area contributed by atoms with Crippen LogP contribution in [0.1, 0.15) is 45.6 Å². The van der Waals surface area contributed by atoms with Crippen molar-refractivity contribution in [1.29, 1.82) is 0 Å². The van der Waals surface area contributed by atoms with Crippen LogP contribution in [0.3, 0.4) is 0 Å². The Labute approximate surface area is 309 Å². The van der Waals surface area contributed by atoms with Crippen LogP contribution in [0.5, 0.6) is 0 Å². The number of unbranched alkanes of at least 4 members (excludes halogenated alkanes) is 1. The van der Waals surface area contributed by atoms with Gasteiger partial charge in [-0.05, 0) is 75.9 Å². The zero-order valence-corrected chi connectivity index (χ0v) is 31.1. The number of anilines is 1. The van der Waals surface area contributed by atoms with E-state index in [1.54, 1.807) is 51.1 Å². The van der Waals surface area contributed by atoms with Crippen molar-refractivity contribution in [3.8, 4) is 0 Å². The quantitative estimate of drug-likeness (QED) is 0.0635. The molecule has 0 unspecified atom stereocenters. The zero-order chi connectivity index (χ0) is 38.1. The first-order chi connectivity index (χ1) is 24.8. The Morgan fingerprint density at radius 1 is 0.885 bits per heavy atom. The highest BCUT2D eigenvalue weighted by Gasteiger charge is 2.28. The Kier molecular flexibility index (Phi) is 16.3. The maximum absolute atomic E-state index is 13.6. The molecule has 1 aromatic heterocycles. The van der Waals surface area contributed by atoms with Gasteiger partial charge in [-0.1, -0.05) is 36.9 Å². The fraction of sp³-hybridized carbons (Fsp3) is 0.395. The van der Waals surface area contributed by atoms with Gasteiger partial charge in [-0.3, -0.25) is 19.7 Å². The highest BCUT2D eigenvalue weighted by atomic mass is 32.2. The molecule has 0 spiro atoms. The molecule has 280 valence electrons. The second kappa shape index (κ2) is 20.6. The van der Waals surface area contributed by atoms with E-state index in [9.17, 15) is 24.0 Å². The molecule has 3 rings (SSSR count). The Hall–Kier alpha value is -5.24. The zero-order valence-electron chi connectivity index (χ0n) is 30.3. The maximum atomic E-state index is 13.6. The van der Waals surface area contributed by atoms with E-state index in [4.69, 9.17) is 9.47 Å². The number of hydrogen-bond acceptors (Lipinski definition) is 8. The van der Waals surface area contributed by atoms with Crippen LogP contribution in [0.4, 0.5) is 15.3 Å². The number of aromatic nitrogens is 1. The number of para-hydroxylation sites is 1. The van der Waals surface area contributed by atoms with Gasteiger partial charge in [0, 0.05) is 54.2 Å². The molecular weight excluding hydrogens is 685 g/mol. The molecule has 0 aliphatic rings. The Morgan fingerprint density at radius 3 is 2.31 bits per heavy atom. The summed E-state index contributed by atoms with van der Waals surface area (Å²) in [5.74, 6) is -0.902. The Morgan fingerprint density at radius 2 is 1.62 bits per heavy atom. The molecule has 2 aromatic carbocycles. The van der Waals surface area contributed by atoms with Gasteiger partial charge in [-0.2, -0.15) is 0 Å². The summed E-state index contributed by atoms with van der Waals surface area (Å²) in [4.78, 5) is 64.6. The van der Waals surface area contributed by atoms with Gasteiger partial charge in [-0.15, -0.1) is 18.3 Å². The van der Waals surface area contributed by atoms with E-state index in [2.05, 4.69) is 39.7 Å². The molecule has 5 N–H and O–H groups in total. The van der Waals surface area contributed by atoms with Crippen molar-refractivity contribution < 1.29 is 33.4 Å². The second-order valence-electron chi connectivity index (χ2n) is 13.0. The molecule has 13 nitrogen and oxygen atoms in total. The topological polar surface area (TPSA) is 169 Å². The Balaban J connectivity index is 1.54. The van der Waals surface area contributed by atoms with Crippen LogP contribution < -0.4 is 26.6 Å². The van der Waals surface area contributed by atoms with Gasteiger partial charge < -0.3 is 35.3 Å². The number of amides is 5. The predicted molar refractivity (Wildman–Crippen MR) is 204 cm³/mol. The van der Waals surface area contributed by atoms with Crippen LogP contribution in [-0.2, 0) is 37.3 Å². The van der Waals surface area contributed by atoms with Crippen molar-refractivity contribution >= 4 is 58.3 Å². The van der Waals surface area contributed by atoms with Crippen LogP contribution in [-0.4, -0.2) is 77.6 Å². The minimum atomic E-state index is -1.00. The van der Waals surface area contributed by atoms with Gasteiger partial charge in [0.1, 0.15) is 24.3 Å².